The van der Waals surface area contributed by atoms with Crippen LogP contribution in [0.15, 0.2) is 22.8 Å². The number of likely N-dealkylation sites (tertiary alicyclic amines) is 1. The van der Waals surface area contributed by atoms with E-state index in [0.29, 0.717) is 13.0 Å². The molecule has 0 bridgehead atoms. The van der Waals surface area contributed by atoms with Gasteiger partial charge in [0, 0.05) is 19.0 Å². The molecule has 0 radical (unpaired) electrons. The van der Waals surface area contributed by atoms with Gasteiger partial charge < -0.3 is 15.5 Å². The Bertz CT molecular complexity index is 383. The van der Waals surface area contributed by atoms with Gasteiger partial charge in [0.15, 0.2) is 0 Å². The fraction of sp³-hybridized carbons (Fsp3) is 0.643. The third-order valence-corrected chi connectivity index (χ3v) is 3.45. The maximum Gasteiger partial charge on any atom is 0.221 e. The first-order valence-corrected chi connectivity index (χ1v) is 6.96. The molecule has 1 saturated heterocycles. The molecule has 3 N–H and O–H groups in total. The normalized spacial score (nSPS) is 19.3. The van der Waals surface area contributed by atoms with Gasteiger partial charge in [-0.25, -0.2) is 0 Å². The van der Waals surface area contributed by atoms with Crippen molar-refractivity contribution in [3.8, 4) is 0 Å². The first-order chi connectivity index (χ1) is 9.16. The monoisotopic (exact) mass is 265 g/mol. The smallest absolute Gasteiger partial charge is 0.221 e. The highest BCUT2D eigenvalue weighted by atomic mass is 16.3. The standard InChI is InChI=1S/C14H23N3O2/c1-11(15)9-14(18)16-10-12(13-5-4-8-19-13)17-6-2-3-7-17/h4-5,8,11-12H,2-3,6-7,9-10,15H2,1H3,(H,16,18). The van der Waals surface area contributed by atoms with Gasteiger partial charge in [-0.2, -0.15) is 0 Å². The molecule has 19 heavy (non-hydrogen) atoms. The Hall–Kier alpha value is -1.33. The lowest BCUT2D eigenvalue weighted by Gasteiger charge is -2.26. The molecule has 1 aromatic rings. The number of amides is 1. The Kier molecular flexibility index (Phi) is 4.99. The van der Waals surface area contributed by atoms with Crippen LogP contribution >= 0.6 is 0 Å². The summed E-state index contributed by atoms with van der Waals surface area (Å²) in [7, 11) is 0. The first kappa shape index (κ1) is 14.1. The average molecular weight is 265 g/mol. The van der Waals surface area contributed by atoms with Crippen molar-refractivity contribution in [2.75, 3.05) is 19.6 Å². The van der Waals surface area contributed by atoms with E-state index in [1.807, 2.05) is 19.1 Å². The van der Waals surface area contributed by atoms with E-state index < -0.39 is 0 Å². The number of nitrogens with two attached hydrogens (primary N) is 1. The Morgan fingerprint density at radius 3 is 2.84 bits per heavy atom. The van der Waals surface area contributed by atoms with E-state index in [1.165, 1.54) is 12.8 Å². The van der Waals surface area contributed by atoms with Gasteiger partial charge in [0.05, 0.1) is 12.3 Å². The molecule has 2 heterocycles. The second kappa shape index (κ2) is 6.73. The van der Waals surface area contributed by atoms with Gasteiger partial charge in [0.1, 0.15) is 5.76 Å². The topological polar surface area (TPSA) is 71.5 Å². The highest BCUT2D eigenvalue weighted by molar-refractivity contribution is 5.76. The zero-order valence-electron chi connectivity index (χ0n) is 11.5. The van der Waals surface area contributed by atoms with Crippen LogP contribution in [-0.4, -0.2) is 36.5 Å². The van der Waals surface area contributed by atoms with Gasteiger partial charge in [0.25, 0.3) is 0 Å². The number of hydrogen-bond acceptors (Lipinski definition) is 4. The van der Waals surface area contributed by atoms with Gasteiger partial charge in [-0.15, -0.1) is 0 Å². The molecular weight excluding hydrogens is 242 g/mol. The van der Waals surface area contributed by atoms with Crippen LogP contribution < -0.4 is 11.1 Å². The van der Waals surface area contributed by atoms with Crippen LogP contribution in [-0.2, 0) is 4.79 Å². The third-order valence-electron chi connectivity index (χ3n) is 3.45. The molecule has 0 aliphatic carbocycles. The second-order valence-electron chi connectivity index (χ2n) is 5.26. The third kappa shape index (κ3) is 4.08. The number of carbonyl (C=O) groups excluding carboxylic acids is 1. The number of hydrogen-bond donors (Lipinski definition) is 2. The molecule has 2 atom stereocenters. The lowest BCUT2D eigenvalue weighted by Crippen LogP contribution is -2.38. The number of carbonyl (C=O) groups is 1. The minimum atomic E-state index is -0.103. The highest BCUT2D eigenvalue weighted by Gasteiger charge is 2.25. The SMILES string of the molecule is CC(N)CC(=O)NCC(c1ccco1)N1CCCC1. The molecule has 0 saturated carbocycles. The van der Waals surface area contributed by atoms with Crippen LogP contribution in [0.1, 0.15) is 38.0 Å². The summed E-state index contributed by atoms with van der Waals surface area (Å²) in [5.74, 6) is 0.925. The molecule has 106 valence electrons. The van der Waals surface area contributed by atoms with Crippen molar-refractivity contribution in [1.82, 2.24) is 10.2 Å². The Morgan fingerprint density at radius 1 is 1.53 bits per heavy atom. The van der Waals surface area contributed by atoms with Gasteiger partial charge >= 0.3 is 0 Å². The molecule has 5 heteroatoms. The molecule has 1 amide bonds. The lowest BCUT2D eigenvalue weighted by molar-refractivity contribution is -0.121. The molecule has 1 aliphatic rings. The van der Waals surface area contributed by atoms with E-state index >= 15 is 0 Å². The number of furan rings is 1. The van der Waals surface area contributed by atoms with Crippen molar-refractivity contribution in [3.63, 3.8) is 0 Å². The molecular formula is C14H23N3O2. The van der Waals surface area contributed by atoms with Crippen LogP contribution in [0.2, 0.25) is 0 Å². The molecule has 2 unspecified atom stereocenters. The van der Waals surface area contributed by atoms with Gasteiger partial charge in [-0.05, 0) is 45.0 Å². The molecule has 1 fully saturated rings. The van der Waals surface area contributed by atoms with Crippen molar-refractivity contribution in [3.05, 3.63) is 24.2 Å². The van der Waals surface area contributed by atoms with Gasteiger partial charge in [-0.3, -0.25) is 9.69 Å². The van der Waals surface area contributed by atoms with E-state index in [4.69, 9.17) is 10.2 Å². The van der Waals surface area contributed by atoms with E-state index in [1.54, 1.807) is 6.26 Å². The largest absolute Gasteiger partial charge is 0.468 e. The quantitative estimate of drug-likeness (QED) is 0.812. The van der Waals surface area contributed by atoms with Gasteiger partial charge in [-0.1, -0.05) is 0 Å². The van der Waals surface area contributed by atoms with Crippen LogP contribution in [0, 0.1) is 0 Å². The maximum atomic E-state index is 11.7. The minimum Gasteiger partial charge on any atom is -0.468 e. The fourth-order valence-corrected chi connectivity index (χ4v) is 2.52. The molecule has 1 aromatic heterocycles. The summed E-state index contributed by atoms with van der Waals surface area (Å²) >= 11 is 0. The van der Waals surface area contributed by atoms with E-state index in [0.717, 1.165) is 18.8 Å². The average Bonchev–Trinajstić information content (AvgIpc) is 3.00. The van der Waals surface area contributed by atoms with Crippen molar-refractivity contribution in [1.29, 1.82) is 0 Å². The number of nitrogens with zero attached hydrogens (tertiary/aromatic N) is 1. The molecule has 5 nitrogen and oxygen atoms in total. The molecule has 1 aliphatic heterocycles. The van der Waals surface area contributed by atoms with Crippen molar-refractivity contribution in [2.45, 2.75) is 38.3 Å². The van der Waals surface area contributed by atoms with E-state index in [-0.39, 0.29) is 18.0 Å². The van der Waals surface area contributed by atoms with Crippen LogP contribution in [0.5, 0.6) is 0 Å². The van der Waals surface area contributed by atoms with Crippen molar-refractivity contribution < 1.29 is 9.21 Å². The lowest BCUT2D eigenvalue weighted by atomic mass is 10.2. The summed E-state index contributed by atoms with van der Waals surface area (Å²) in [5, 5.41) is 2.96. The summed E-state index contributed by atoms with van der Waals surface area (Å²) in [4.78, 5) is 14.1. The predicted octanol–water partition coefficient (Wildman–Crippen LogP) is 1.27. The summed E-state index contributed by atoms with van der Waals surface area (Å²) in [6, 6.07) is 3.89. The van der Waals surface area contributed by atoms with Crippen LogP contribution in [0.25, 0.3) is 0 Å². The summed E-state index contributed by atoms with van der Waals surface area (Å²) in [6.45, 7) is 4.55. The summed E-state index contributed by atoms with van der Waals surface area (Å²) < 4.78 is 5.50. The Labute approximate surface area is 114 Å². The van der Waals surface area contributed by atoms with E-state index in [2.05, 4.69) is 10.2 Å². The van der Waals surface area contributed by atoms with Crippen LogP contribution in [0.4, 0.5) is 0 Å². The van der Waals surface area contributed by atoms with Crippen molar-refractivity contribution >= 4 is 5.91 Å². The van der Waals surface area contributed by atoms with Gasteiger partial charge in [0.2, 0.25) is 5.91 Å². The zero-order chi connectivity index (χ0) is 13.7. The number of rotatable bonds is 6. The molecule has 2 rings (SSSR count). The fourth-order valence-electron chi connectivity index (χ4n) is 2.52. The van der Waals surface area contributed by atoms with E-state index in [9.17, 15) is 4.79 Å². The molecule has 0 spiro atoms. The minimum absolute atomic E-state index is 0.00533. The van der Waals surface area contributed by atoms with Crippen molar-refractivity contribution in [2.24, 2.45) is 5.73 Å². The summed E-state index contributed by atoms with van der Waals surface area (Å²) in [5.41, 5.74) is 5.63. The number of nitrogens with one attached hydrogen (secondary N) is 1. The molecule has 0 aromatic carbocycles. The first-order valence-electron chi connectivity index (χ1n) is 6.96. The Morgan fingerprint density at radius 2 is 2.26 bits per heavy atom. The Balaban J connectivity index is 1.92. The van der Waals surface area contributed by atoms with Crippen LogP contribution in [0.3, 0.4) is 0 Å². The summed E-state index contributed by atoms with van der Waals surface area (Å²) in [6.07, 6.45) is 4.48. The zero-order valence-corrected chi connectivity index (χ0v) is 11.5. The predicted molar refractivity (Wildman–Crippen MR) is 73.5 cm³/mol. The highest BCUT2D eigenvalue weighted by Crippen LogP contribution is 2.24. The second-order valence-corrected chi connectivity index (χ2v) is 5.26. The maximum absolute atomic E-state index is 11.7.